The first-order valence-corrected chi connectivity index (χ1v) is 7.23. The van der Waals surface area contributed by atoms with E-state index in [1.165, 1.54) is 25.9 Å². The second kappa shape index (κ2) is 4.12. The van der Waals surface area contributed by atoms with Crippen LogP contribution in [0.2, 0.25) is 0 Å². The van der Waals surface area contributed by atoms with Crippen molar-refractivity contribution in [3.63, 3.8) is 0 Å². The zero-order chi connectivity index (χ0) is 12.9. The Morgan fingerprint density at radius 2 is 1.61 bits per heavy atom. The van der Waals surface area contributed by atoms with Crippen LogP contribution >= 0.6 is 0 Å². The van der Waals surface area contributed by atoms with Crippen LogP contribution in [-0.4, -0.2) is 53.6 Å². The van der Waals surface area contributed by atoms with Crippen LogP contribution < -0.4 is 5.32 Å². The van der Waals surface area contributed by atoms with E-state index < -0.39 is 0 Å². The van der Waals surface area contributed by atoms with Crippen LogP contribution in [0, 0.1) is 11.8 Å². The predicted octanol–water partition coefficient (Wildman–Crippen LogP) is 1.52. The molecule has 3 rings (SSSR count). The van der Waals surface area contributed by atoms with Gasteiger partial charge in [-0.15, -0.1) is 0 Å². The second-order valence-corrected chi connectivity index (χ2v) is 7.29. The van der Waals surface area contributed by atoms with E-state index in [2.05, 4.69) is 10.2 Å². The Kier molecular flexibility index (Phi) is 2.81. The summed E-state index contributed by atoms with van der Waals surface area (Å²) in [5.74, 6) is 1.44. The first kappa shape index (κ1) is 12.3. The molecular weight excluding hydrogens is 226 g/mol. The molecular formula is C14H25N3O. The van der Waals surface area contributed by atoms with Gasteiger partial charge in [-0.05, 0) is 45.4 Å². The number of hydrogen-bond donors (Lipinski definition) is 1. The Morgan fingerprint density at radius 3 is 2.06 bits per heavy atom. The molecule has 2 heterocycles. The number of likely N-dealkylation sites (tertiary alicyclic amines) is 2. The molecule has 18 heavy (non-hydrogen) atoms. The standard InChI is InChI=1S/C14H25N3O/c1-14(2,3)15-13(18)17-8-10-6-16(12-4-5-12)7-11(10)9-17/h10-12H,4-9H2,1-3H3,(H,15,18). The molecule has 0 aromatic heterocycles. The fourth-order valence-corrected chi connectivity index (χ4v) is 3.33. The van der Waals surface area contributed by atoms with Crippen molar-refractivity contribution in [3.8, 4) is 0 Å². The fourth-order valence-electron chi connectivity index (χ4n) is 3.33. The van der Waals surface area contributed by atoms with Crippen molar-refractivity contribution in [3.05, 3.63) is 0 Å². The van der Waals surface area contributed by atoms with Crippen molar-refractivity contribution < 1.29 is 4.79 Å². The highest BCUT2D eigenvalue weighted by atomic mass is 16.2. The van der Waals surface area contributed by atoms with Gasteiger partial charge >= 0.3 is 6.03 Å². The summed E-state index contributed by atoms with van der Waals surface area (Å²) in [6.07, 6.45) is 2.79. The average Bonchev–Trinajstić information content (AvgIpc) is 2.86. The van der Waals surface area contributed by atoms with Crippen molar-refractivity contribution in [1.29, 1.82) is 0 Å². The first-order chi connectivity index (χ1) is 8.42. The topological polar surface area (TPSA) is 35.6 Å². The third kappa shape index (κ3) is 2.48. The Hall–Kier alpha value is -0.770. The molecule has 2 saturated heterocycles. The zero-order valence-electron chi connectivity index (χ0n) is 11.8. The number of fused-ring (bicyclic) bond motifs is 1. The number of carbonyl (C=O) groups is 1. The second-order valence-electron chi connectivity index (χ2n) is 7.29. The monoisotopic (exact) mass is 251 g/mol. The van der Waals surface area contributed by atoms with E-state index in [1.807, 2.05) is 25.7 Å². The number of nitrogens with one attached hydrogen (secondary N) is 1. The third-order valence-corrected chi connectivity index (χ3v) is 4.35. The molecule has 102 valence electrons. The Balaban J connectivity index is 1.53. The summed E-state index contributed by atoms with van der Waals surface area (Å²) >= 11 is 0. The van der Waals surface area contributed by atoms with Gasteiger partial charge in [0.25, 0.3) is 0 Å². The van der Waals surface area contributed by atoms with Gasteiger partial charge in [-0.25, -0.2) is 4.79 Å². The molecule has 0 bridgehead atoms. The average molecular weight is 251 g/mol. The maximum atomic E-state index is 12.1. The third-order valence-electron chi connectivity index (χ3n) is 4.35. The minimum Gasteiger partial charge on any atom is -0.333 e. The van der Waals surface area contributed by atoms with Gasteiger partial charge in [-0.2, -0.15) is 0 Å². The molecule has 0 spiro atoms. The summed E-state index contributed by atoms with van der Waals surface area (Å²) in [6.45, 7) is 10.5. The lowest BCUT2D eigenvalue weighted by Crippen LogP contribution is -2.48. The Morgan fingerprint density at radius 1 is 1.06 bits per heavy atom. The van der Waals surface area contributed by atoms with Crippen LogP contribution in [0.4, 0.5) is 4.79 Å². The Labute approximate surface area is 110 Å². The van der Waals surface area contributed by atoms with Gasteiger partial charge < -0.3 is 10.2 Å². The van der Waals surface area contributed by atoms with E-state index in [1.54, 1.807) is 0 Å². The smallest absolute Gasteiger partial charge is 0.317 e. The normalized spacial score (nSPS) is 32.7. The first-order valence-electron chi connectivity index (χ1n) is 7.23. The van der Waals surface area contributed by atoms with Crippen molar-refractivity contribution in [2.24, 2.45) is 11.8 Å². The molecule has 4 nitrogen and oxygen atoms in total. The molecule has 2 unspecified atom stereocenters. The highest BCUT2D eigenvalue weighted by Gasteiger charge is 2.45. The number of rotatable bonds is 1. The molecule has 1 aliphatic carbocycles. The number of carbonyl (C=O) groups excluding carboxylic acids is 1. The molecule has 3 aliphatic rings. The molecule has 4 heteroatoms. The van der Waals surface area contributed by atoms with Gasteiger partial charge in [0, 0.05) is 37.8 Å². The lowest BCUT2D eigenvalue weighted by Gasteiger charge is -2.27. The number of urea groups is 1. The van der Waals surface area contributed by atoms with E-state index in [0.29, 0.717) is 0 Å². The Bertz CT molecular complexity index is 331. The number of nitrogens with zero attached hydrogens (tertiary/aromatic N) is 2. The molecule has 2 amide bonds. The van der Waals surface area contributed by atoms with E-state index in [4.69, 9.17) is 0 Å². The highest BCUT2D eigenvalue weighted by molar-refractivity contribution is 5.75. The highest BCUT2D eigenvalue weighted by Crippen LogP contribution is 2.37. The van der Waals surface area contributed by atoms with Crippen molar-refractivity contribution in [2.75, 3.05) is 26.2 Å². The summed E-state index contributed by atoms with van der Waals surface area (Å²) in [6, 6.07) is 1.00. The molecule has 1 N–H and O–H groups in total. The maximum absolute atomic E-state index is 12.1. The zero-order valence-corrected chi connectivity index (χ0v) is 11.8. The van der Waals surface area contributed by atoms with Crippen LogP contribution in [0.15, 0.2) is 0 Å². The maximum Gasteiger partial charge on any atom is 0.317 e. The summed E-state index contributed by atoms with van der Waals surface area (Å²) < 4.78 is 0. The van der Waals surface area contributed by atoms with Crippen LogP contribution in [0.5, 0.6) is 0 Å². The summed E-state index contributed by atoms with van der Waals surface area (Å²) in [7, 11) is 0. The van der Waals surface area contributed by atoms with Crippen LogP contribution in [0.3, 0.4) is 0 Å². The molecule has 2 aliphatic heterocycles. The minimum atomic E-state index is -0.130. The summed E-state index contributed by atoms with van der Waals surface area (Å²) in [5, 5.41) is 3.07. The van der Waals surface area contributed by atoms with Crippen LogP contribution in [-0.2, 0) is 0 Å². The van der Waals surface area contributed by atoms with Gasteiger partial charge in [0.2, 0.25) is 0 Å². The lowest BCUT2D eigenvalue weighted by molar-refractivity contribution is 0.190. The molecule has 0 aromatic carbocycles. The predicted molar refractivity (Wildman–Crippen MR) is 71.4 cm³/mol. The van der Waals surface area contributed by atoms with Crippen LogP contribution in [0.25, 0.3) is 0 Å². The molecule has 1 saturated carbocycles. The van der Waals surface area contributed by atoms with Gasteiger partial charge in [-0.1, -0.05) is 0 Å². The van der Waals surface area contributed by atoms with Crippen molar-refractivity contribution >= 4 is 6.03 Å². The van der Waals surface area contributed by atoms with Gasteiger partial charge in [0.05, 0.1) is 0 Å². The number of amides is 2. The fraction of sp³-hybridized carbons (Fsp3) is 0.929. The largest absolute Gasteiger partial charge is 0.333 e. The van der Waals surface area contributed by atoms with Gasteiger partial charge in [0.1, 0.15) is 0 Å². The SMILES string of the molecule is CC(C)(C)NC(=O)N1CC2CN(C3CC3)CC2C1. The lowest BCUT2D eigenvalue weighted by atomic mass is 10.0. The number of hydrogen-bond acceptors (Lipinski definition) is 2. The van der Waals surface area contributed by atoms with E-state index in [-0.39, 0.29) is 11.6 Å². The summed E-state index contributed by atoms with van der Waals surface area (Å²) in [5.41, 5.74) is -0.130. The van der Waals surface area contributed by atoms with E-state index >= 15 is 0 Å². The molecule has 3 fully saturated rings. The van der Waals surface area contributed by atoms with E-state index in [9.17, 15) is 4.79 Å². The van der Waals surface area contributed by atoms with Crippen LogP contribution in [0.1, 0.15) is 33.6 Å². The van der Waals surface area contributed by atoms with Crippen molar-refractivity contribution in [1.82, 2.24) is 15.1 Å². The molecule has 0 aromatic rings. The molecule has 2 atom stereocenters. The molecule has 0 radical (unpaired) electrons. The summed E-state index contributed by atoms with van der Waals surface area (Å²) in [4.78, 5) is 16.8. The van der Waals surface area contributed by atoms with Gasteiger partial charge in [0.15, 0.2) is 0 Å². The van der Waals surface area contributed by atoms with E-state index in [0.717, 1.165) is 31.0 Å². The quantitative estimate of drug-likeness (QED) is 0.767. The van der Waals surface area contributed by atoms with Gasteiger partial charge in [-0.3, -0.25) is 4.90 Å². The van der Waals surface area contributed by atoms with Crippen molar-refractivity contribution in [2.45, 2.75) is 45.2 Å². The minimum absolute atomic E-state index is 0.120.